The van der Waals surface area contributed by atoms with Crippen LogP contribution in [0.15, 0.2) is 18.0 Å². The molecular weight excluding hydrogens is 277 g/mol. The maximum absolute atomic E-state index is 12.4. The lowest BCUT2D eigenvalue weighted by molar-refractivity contribution is -0.141. The summed E-state index contributed by atoms with van der Waals surface area (Å²) in [7, 11) is 0. The molecule has 104 valence electrons. The van der Waals surface area contributed by atoms with Crippen molar-refractivity contribution >= 4 is 17.2 Å². The van der Waals surface area contributed by atoms with Crippen molar-refractivity contribution in [1.29, 1.82) is 0 Å². The van der Waals surface area contributed by atoms with E-state index in [1.54, 1.807) is 11.0 Å². The van der Waals surface area contributed by atoms with Crippen LogP contribution in [0.5, 0.6) is 0 Å². The van der Waals surface area contributed by atoms with Gasteiger partial charge in [-0.1, -0.05) is 6.08 Å². The van der Waals surface area contributed by atoms with Gasteiger partial charge in [0.2, 0.25) is 5.91 Å². The topological polar surface area (TPSA) is 33.2 Å². The van der Waals surface area contributed by atoms with E-state index in [0.717, 1.165) is 29.6 Å². The average molecular weight is 290 g/mol. The van der Waals surface area contributed by atoms with Gasteiger partial charge in [-0.15, -0.1) is 17.9 Å². The lowest BCUT2D eigenvalue weighted by atomic mass is 10.3. The highest BCUT2D eigenvalue weighted by atomic mass is 32.1. The number of aromatic nitrogens is 1. The Labute approximate surface area is 112 Å². The smallest absolute Gasteiger partial charge is 0.336 e. The summed E-state index contributed by atoms with van der Waals surface area (Å²) in [6.45, 7) is 4.01. The van der Waals surface area contributed by atoms with Gasteiger partial charge in [0.25, 0.3) is 0 Å². The van der Waals surface area contributed by atoms with Crippen molar-refractivity contribution in [3.63, 3.8) is 0 Å². The molecule has 1 aromatic rings. The van der Waals surface area contributed by atoms with Crippen LogP contribution < -0.4 is 0 Å². The molecular formula is C12H13F3N2OS. The summed E-state index contributed by atoms with van der Waals surface area (Å²) in [5.41, 5.74) is -0.929. The molecule has 1 aliphatic carbocycles. The number of thiazole rings is 1. The number of nitrogens with zero attached hydrogens (tertiary/aromatic N) is 2. The molecule has 0 atom stereocenters. The molecule has 0 radical (unpaired) electrons. The lowest BCUT2D eigenvalue weighted by Gasteiger charge is -2.19. The van der Waals surface area contributed by atoms with Crippen LogP contribution >= 0.6 is 11.3 Å². The number of alkyl halides is 3. The minimum atomic E-state index is -4.45. The van der Waals surface area contributed by atoms with Crippen LogP contribution in [0.1, 0.15) is 23.5 Å². The van der Waals surface area contributed by atoms with Gasteiger partial charge in [0, 0.05) is 18.0 Å². The van der Waals surface area contributed by atoms with E-state index < -0.39 is 11.9 Å². The molecule has 19 heavy (non-hydrogen) atoms. The zero-order valence-electron chi connectivity index (χ0n) is 10.1. The molecule has 1 heterocycles. The Morgan fingerprint density at radius 3 is 2.74 bits per heavy atom. The maximum Gasteiger partial charge on any atom is 0.434 e. The highest BCUT2D eigenvalue weighted by Crippen LogP contribution is 2.31. The van der Waals surface area contributed by atoms with E-state index in [0.29, 0.717) is 6.54 Å². The van der Waals surface area contributed by atoms with Crippen LogP contribution in [0.4, 0.5) is 13.2 Å². The van der Waals surface area contributed by atoms with Crippen molar-refractivity contribution in [2.75, 3.05) is 6.54 Å². The normalized spacial score (nSPS) is 15.3. The monoisotopic (exact) mass is 290 g/mol. The molecule has 7 heteroatoms. The molecule has 1 aliphatic rings. The molecule has 0 bridgehead atoms. The van der Waals surface area contributed by atoms with Crippen LogP contribution in [0.25, 0.3) is 0 Å². The highest BCUT2D eigenvalue weighted by molar-refractivity contribution is 7.09. The number of amides is 1. The van der Waals surface area contributed by atoms with Gasteiger partial charge in [-0.25, -0.2) is 4.98 Å². The summed E-state index contributed by atoms with van der Waals surface area (Å²) in [4.78, 5) is 17.1. The molecule has 0 aromatic carbocycles. The third-order valence-corrected chi connectivity index (χ3v) is 3.63. The fourth-order valence-corrected chi connectivity index (χ4v) is 2.52. The largest absolute Gasteiger partial charge is 0.434 e. The first-order valence-electron chi connectivity index (χ1n) is 5.83. The van der Waals surface area contributed by atoms with Gasteiger partial charge in [0.15, 0.2) is 5.69 Å². The fourth-order valence-electron chi connectivity index (χ4n) is 1.73. The van der Waals surface area contributed by atoms with Crippen LogP contribution in [-0.2, 0) is 17.4 Å². The van der Waals surface area contributed by atoms with Crippen molar-refractivity contribution < 1.29 is 18.0 Å². The van der Waals surface area contributed by atoms with Crippen LogP contribution in [0.2, 0.25) is 0 Å². The molecule has 1 amide bonds. The number of hydrogen-bond acceptors (Lipinski definition) is 3. The van der Waals surface area contributed by atoms with Crippen molar-refractivity contribution in [2.24, 2.45) is 0 Å². The van der Waals surface area contributed by atoms with E-state index in [2.05, 4.69) is 11.6 Å². The predicted molar refractivity (Wildman–Crippen MR) is 65.8 cm³/mol. The first-order valence-corrected chi connectivity index (χ1v) is 6.71. The van der Waals surface area contributed by atoms with E-state index in [1.165, 1.54) is 0 Å². The fraction of sp³-hybridized carbons (Fsp3) is 0.500. The minimum absolute atomic E-state index is 0.0783. The summed E-state index contributed by atoms with van der Waals surface area (Å²) in [6.07, 6.45) is -1.00. The standard InChI is InChI=1S/C12H13F3N2OS/c1-2-5-17(8-3-4-8)11(18)6-10-16-9(7-19-10)12(13,14)15/h2,7-8H,1,3-6H2. The van der Waals surface area contributed by atoms with Crippen LogP contribution in [0, 0.1) is 0 Å². The summed E-state index contributed by atoms with van der Waals surface area (Å²) < 4.78 is 37.2. The molecule has 0 spiro atoms. The summed E-state index contributed by atoms with van der Waals surface area (Å²) in [5.74, 6) is -0.189. The molecule has 0 aliphatic heterocycles. The molecule has 3 nitrogen and oxygen atoms in total. The van der Waals surface area contributed by atoms with E-state index in [4.69, 9.17) is 0 Å². The number of hydrogen-bond donors (Lipinski definition) is 0. The second kappa shape index (κ2) is 5.32. The Bertz CT molecular complexity index is 480. The maximum atomic E-state index is 12.4. The van der Waals surface area contributed by atoms with Crippen molar-refractivity contribution in [2.45, 2.75) is 31.5 Å². The zero-order valence-corrected chi connectivity index (χ0v) is 10.9. The van der Waals surface area contributed by atoms with Gasteiger partial charge in [0.05, 0.1) is 6.42 Å². The Morgan fingerprint density at radius 2 is 2.26 bits per heavy atom. The lowest BCUT2D eigenvalue weighted by Crippen LogP contribution is -2.34. The first kappa shape index (κ1) is 14.0. The number of rotatable bonds is 5. The Hall–Kier alpha value is -1.37. The quantitative estimate of drug-likeness (QED) is 0.781. The molecule has 2 rings (SSSR count). The molecule has 0 saturated heterocycles. The van der Waals surface area contributed by atoms with Crippen molar-refractivity contribution in [3.05, 3.63) is 28.7 Å². The minimum Gasteiger partial charge on any atom is -0.336 e. The predicted octanol–water partition coefficient (Wildman–Crippen LogP) is 2.88. The van der Waals surface area contributed by atoms with E-state index in [-0.39, 0.29) is 23.4 Å². The molecule has 1 aromatic heterocycles. The molecule has 0 unspecified atom stereocenters. The van der Waals surface area contributed by atoms with Gasteiger partial charge < -0.3 is 4.90 Å². The van der Waals surface area contributed by atoms with Crippen LogP contribution in [0.3, 0.4) is 0 Å². The van der Waals surface area contributed by atoms with Gasteiger partial charge in [-0.05, 0) is 12.8 Å². The summed E-state index contributed by atoms with van der Waals surface area (Å²) in [6, 6.07) is 0.215. The Kier molecular flexibility index (Phi) is 3.93. The second-order valence-corrected chi connectivity index (χ2v) is 5.31. The van der Waals surface area contributed by atoms with Gasteiger partial charge in [-0.3, -0.25) is 4.79 Å². The van der Waals surface area contributed by atoms with Gasteiger partial charge in [-0.2, -0.15) is 13.2 Å². The highest BCUT2D eigenvalue weighted by Gasteiger charge is 2.35. The SMILES string of the molecule is C=CCN(C(=O)Cc1nc(C(F)(F)F)cs1)C1CC1. The third kappa shape index (κ3) is 3.56. The summed E-state index contributed by atoms with van der Waals surface area (Å²) >= 11 is 0.868. The Balaban J connectivity index is 2.01. The van der Waals surface area contributed by atoms with Crippen molar-refractivity contribution in [1.82, 2.24) is 9.88 Å². The number of halogens is 3. The van der Waals surface area contributed by atoms with Gasteiger partial charge >= 0.3 is 6.18 Å². The number of carbonyl (C=O) groups is 1. The molecule has 1 fully saturated rings. The van der Waals surface area contributed by atoms with Crippen LogP contribution in [-0.4, -0.2) is 28.4 Å². The zero-order chi connectivity index (χ0) is 14.0. The molecule has 0 N–H and O–H groups in total. The average Bonchev–Trinajstić information content (AvgIpc) is 3.03. The van der Waals surface area contributed by atoms with E-state index in [9.17, 15) is 18.0 Å². The second-order valence-electron chi connectivity index (χ2n) is 4.37. The Morgan fingerprint density at radius 1 is 1.58 bits per heavy atom. The first-order chi connectivity index (χ1) is 8.91. The molecule has 1 saturated carbocycles. The van der Waals surface area contributed by atoms with Crippen molar-refractivity contribution in [3.8, 4) is 0 Å². The third-order valence-electron chi connectivity index (χ3n) is 2.78. The number of carbonyl (C=O) groups excluding carboxylic acids is 1. The van der Waals surface area contributed by atoms with E-state index >= 15 is 0 Å². The van der Waals surface area contributed by atoms with Gasteiger partial charge in [0.1, 0.15) is 5.01 Å². The van der Waals surface area contributed by atoms with E-state index in [1.807, 2.05) is 0 Å². The summed E-state index contributed by atoms with van der Waals surface area (Å²) in [5, 5.41) is 1.14.